The van der Waals surface area contributed by atoms with Crippen LogP contribution >= 0.6 is 0 Å². The van der Waals surface area contributed by atoms with Gasteiger partial charge in [0.1, 0.15) is 0 Å². The summed E-state index contributed by atoms with van der Waals surface area (Å²) in [4.78, 5) is 2.38. The molecule has 364 valence electrons. The van der Waals surface area contributed by atoms with Gasteiger partial charge in [0.05, 0.1) is 0 Å². The summed E-state index contributed by atoms with van der Waals surface area (Å²) in [5.74, 6) is 0.730. The maximum Gasteiger partial charge on any atom is 0.0461 e. The molecule has 2 atom stereocenters. The molecular weight excluding hydrogens is 893 g/mol. The van der Waals surface area contributed by atoms with Gasteiger partial charge >= 0.3 is 0 Å². The largest absolute Gasteiger partial charge is 0.359 e. The van der Waals surface area contributed by atoms with Crippen LogP contribution in [-0.4, -0.2) is 0 Å². The monoisotopic (exact) mass is 959 g/mol. The molecular formula is C72H66N2. The van der Waals surface area contributed by atoms with Crippen molar-refractivity contribution in [1.29, 1.82) is 0 Å². The van der Waals surface area contributed by atoms with Gasteiger partial charge < -0.3 is 10.2 Å². The van der Waals surface area contributed by atoms with Crippen LogP contribution in [0.4, 0.5) is 11.4 Å². The zero-order valence-electron chi connectivity index (χ0n) is 42.6. The lowest BCUT2D eigenvalue weighted by Crippen LogP contribution is -2.18. The number of aryl methyl sites for hydroxylation is 1. The molecule has 0 saturated carbocycles. The molecule has 4 aliphatic carbocycles. The predicted molar refractivity (Wildman–Crippen MR) is 320 cm³/mol. The van der Waals surface area contributed by atoms with Crippen molar-refractivity contribution in [3.05, 3.63) is 316 Å². The van der Waals surface area contributed by atoms with Crippen molar-refractivity contribution in [1.82, 2.24) is 5.32 Å². The van der Waals surface area contributed by atoms with Crippen molar-refractivity contribution in [2.45, 2.75) is 51.9 Å². The first-order valence-electron chi connectivity index (χ1n) is 26.5. The van der Waals surface area contributed by atoms with Crippen LogP contribution in [0, 0.1) is 18.8 Å². The highest BCUT2D eigenvalue weighted by molar-refractivity contribution is 5.82. The average molecular weight is 959 g/mol. The summed E-state index contributed by atoms with van der Waals surface area (Å²) in [5.41, 5.74) is 19.5. The normalized spacial score (nSPS) is 17.9. The third-order valence-electron chi connectivity index (χ3n) is 14.0. The first-order chi connectivity index (χ1) is 36.5. The van der Waals surface area contributed by atoms with Crippen molar-refractivity contribution in [3.63, 3.8) is 0 Å². The van der Waals surface area contributed by atoms with E-state index in [1.807, 2.05) is 0 Å². The number of anilines is 2. The summed E-state index contributed by atoms with van der Waals surface area (Å²) in [6.45, 7) is 2.15. The molecule has 6 aromatic rings. The van der Waals surface area contributed by atoms with E-state index in [2.05, 4.69) is 296 Å². The Hall–Kier alpha value is -8.46. The van der Waals surface area contributed by atoms with E-state index in [0.717, 1.165) is 56.3 Å². The Labute approximate surface area is 440 Å². The third-order valence-corrected chi connectivity index (χ3v) is 14.0. The zero-order valence-corrected chi connectivity index (χ0v) is 42.6. The van der Waals surface area contributed by atoms with E-state index in [4.69, 9.17) is 0 Å². The van der Waals surface area contributed by atoms with E-state index in [1.165, 1.54) is 78.3 Å². The summed E-state index contributed by atoms with van der Waals surface area (Å²) >= 11 is 0. The van der Waals surface area contributed by atoms with Gasteiger partial charge in [0.25, 0.3) is 0 Å². The minimum absolute atomic E-state index is 0.319. The Morgan fingerprint density at radius 1 is 0.541 bits per heavy atom. The summed E-state index contributed by atoms with van der Waals surface area (Å²) in [6.07, 6.45) is 53.1. The molecule has 0 aromatic heterocycles. The molecule has 1 N–H and O–H groups in total. The quantitative estimate of drug-likeness (QED) is 0.0917. The Bertz CT molecular complexity index is 3210. The summed E-state index contributed by atoms with van der Waals surface area (Å²) in [7, 11) is 0. The van der Waals surface area contributed by atoms with Gasteiger partial charge in [-0.3, -0.25) is 0 Å². The van der Waals surface area contributed by atoms with Gasteiger partial charge in [0.15, 0.2) is 0 Å². The molecule has 4 aliphatic rings. The molecule has 2 heteroatoms. The minimum Gasteiger partial charge on any atom is -0.359 e. The molecule has 0 fully saturated rings. The van der Waals surface area contributed by atoms with Gasteiger partial charge in [-0.2, -0.15) is 0 Å². The fraction of sp³-hybridized carbons (Fsp3) is 0.139. The van der Waals surface area contributed by atoms with E-state index in [1.54, 1.807) is 0 Å². The number of allylic oxidation sites excluding steroid dienone is 18. The second-order valence-corrected chi connectivity index (χ2v) is 19.7. The highest BCUT2D eigenvalue weighted by Gasteiger charge is 2.20. The SMILES string of the molecule is Cc1cccc(/C=C/C2=CC=C(NC3=CCC(/C=C/C4=CCCC=C4)C=C3c3cccc(/C=C/CC4C=CC(N(c5ccc(/C=C/c6ccccc6)cc5)c5ccc(/C=C/c6ccccc6)cc5)=CC4)c3)CC2)c1. The van der Waals surface area contributed by atoms with Crippen molar-refractivity contribution >= 4 is 53.4 Å². The Kier molecular flexibility index (Phi) is 16.5. The van der Waals surface area contributed by atoms with Crippen LogP contribution in [0.2, 0.25) is 0 Å². The maximum atomic E-state index is 3.90. The van der Waals surface area contributed by atoms with E-state index in [9.17, 15) is 0 Å². The fourth-order valence-electron chi connectivity index (χ4n) is 9.89. The highest BCUT2D eigenvalue weighted by Crippen LogP contribution is 2.36. The lowest BCUT2D eigenvalue weighted by atomic mass is 9.88. The Balaban J connectivity index is 0.830. The van der Waals surface area contributed by atoms with Crippen LogP contribution in [0.15, 0.2) is 271 Å². The number of benzene rings is 6. The highest BCUT2D eigenvalue weighted by atomic mass is 15.1. The molecule has 0 spiro atoms. The molecule has 2 unspecified atom stereocenters. The second-order valence-electron chi connectivity index (χ2n) is 19.7. The van der Waals surface area contributed by atoms with E-state index >= 15 is 0 Å². The molecule has 0 aliphatic heterocycles. The summed E-state index contributed by atoms with van der Waals surface area (Å²) in [5, 5.41) is 3.90. The molecule has 2 nitrogen and oxygen atoms in total. The van der Waals surface area contributed by atoms with Gasteiger partial charge in [-0.25, -0.2) is 0 Å². The van der Waals surface area contributed by atoms with Crippen molar-refractivity contribution in [2.24, 2.45) is 11.8 Å². The van der Waals surface area contributed by atoms with Crippen LogP contribution in [0.3, 0.4) is 0 Å². The Morgan fingerprint density at radius 3 is 1.81 bits per heavy atom. The lowest BCUT2D eigenvalue weighted by Gasteiger charge is -2.29. The number of hydrogen-bond donors (Lipinski definition) is 1. The van der Waals surface area contributed by atoms with Crippen LogP contribution in [0.5, 0.6) is 0 Å². The molecule has 0 radical (unpaired) electrons. The van der Waals surface area contributed by atoms with Gasteiger partial charge in [0.2, 0.25) is 0 Å². The standard InChI is InChI=1S/C72H66N2/c1-55-14-11-22-64(52-55)32-31-60-34-43-67(44-35-60)73-72-51-42-65(33-30-58-19-9-4-10-20-58)54-71(72)66-25-13-24-63(53-66)23-12-21-59-36-45-68(46-37-59)74(69-47-38-61(39-48-69)28-26-56-15-5-2-6-16-56)70-49-40-62(41-50-70)29-27-57-17-7-3-8-18-57/h2-3,5-9,11-20,22-34,36,38-41,43,45-54,59,65,73H,4,10,21,35,37,42,44H2,1H3/b23-12+,28-26+,29-27+,32-31+,33-30+. The molecule has 74 heavy (non-hydrogen) atoms. The van der Waals surface area contributed by atoms with E-state index < -0.39 is 0 Å². The molecule has 0 amide bonds. The van der Waals surface area contributed by atoms with Gasteiger partial charge in [-0.1, -0.05) is 242 Å². The molecule has 0 bridgehead atoms. The first kappa shape index (κ1) is 49.1. The van der Waals surface area contributed by atoms with Crippen LogP contribution in [0.1, 0.15) is 89.5 Å². The lowest BCUT2D eigenvalue weighted by molar-refractivity contribution is 0.664. The van der Waals surface area contributed by atoms with E-state index in [0.29, 0.717) is 11.8 Å². The van der Waals surface area contributed by atoms with Gasteiger partial charge in [0, 0.05) is 34.0 Å². The van der Waals surface area contributed by atoms with Gasteiger partial charge in [-0.15, -0.1) is 0 Å². The van der Waals surface area contributed by atoms with Crippen LogP contribution in [0.25, 0.3) is 42.0 Å². The second kappa shape index (κ2) is 24.8. The predicted octanol–water partition coefficient (Wildman–Crippen LogP) is 19.1. The van der Waals surface area contributed by atoms with Crippen molar-refractivity contribution in [3.8, 4) is 0 Å². The number of nitrogens with zero attached hydrogens (tertiary/aromatic N) is 1. The smallest absolute Gasteiger partial charge is 0.0461 e. The van der Waals surface area contributed by atoms with Crippen LogP contribution in [-0.2, 0) is 0 Å². The Morgan fingerprint density at radius 2 is 1.19 bits per heavy atom. The van der Waals surface area contributed by atoms with Crippen molar-refractivity contribution in [2.75, 3.05) is 4.90 Å². The topological polar surface area (TPSA) is 15.3 Å². The molecule has 10 rings (SSSR count). The fourth-order valence-corrected chi connectivity index (χ4v) is 9.89. The number of nitrogens with one attached hydrogen (secondary N) is 1. The maximum absolute atomic E-state index is 3.90. The number of rotatable bonds is 17. The average Bonchev–Trinajstić information content (AvgIpc) is 3.45. The molecule has 0 saturated heterocycles. The van der Waals surface area contributed by atoms with Crippen LogP contribution < -0.4 is 10.2 Å². The first-order valence-corrected chi connectivity index (χ1v) is 26.5. The molecule has 0 heterocycles. The van der Waals surface area contributed by atoms with E-state index in [-0.39, 0.29) is 0 Å². The summed E-state index contributed by atoms with van der Waals surface area (Å²) in [6, 6.07) is 56.5. The van der Waals surface area contributed by atoms with Crippen molar-refractivity contribution < 1.29 is 0 Å². The van der Waals surface area contributed by atoms with Gasteiger partial charge in [-0.05, 0) is 156 Å². The minimum atomic E-state index is 0.319. The molecule has 6 aromatic carbocycles. The third kappa shape index (κ3) is 13.7. The number of hydrogen-bond acceptors (Lipinski definition) is 2. The zero-order chi connectivity index (χ0) is 50.2. The summed E-state index contributed by atoms with van der Waals surface area (Å²) < 4.78 is 0.